The van der Waals surface area contributed by atoms with Crippen molar-refractivity contribution >= 4 is 0 Å². The second kappa shape index (κ2) is 4.99. The van der Waals surface area contributed by atoms with Gasteiger partial charge in [-0.2, -0.15) is 0 Å². The van der Waals surface area contributed by atoms with Gasteiger partial charge in [0.25, 0.3) is 0 Å². The minimum Gasteiger partial charge on any atom is -0.444 e. The van der Waals surface area contributed by atoms with Gasteiger partial charge >= 0.3 is 0 Å². The second-order valence-electron chi connectivity index (χ2n) is 3.05. The van der Waals surface area contributed by atoms with Crippen LogP contribution in [0.3, 0.4) is 0 Å². The summed E-state index contributed by atoms with van der Waals surface area (Å²) in [6, 6.07) is 0. The zero-order valence-electron chi connectivity index (χ0n) is 8.08. The summed E-state index contributed by atoms with van der Waals surface area (Å²) in [5.74, 6) is 1.58. The lowest BCUT2D eigenvalue weighted by atomic mass is 10.4. The molecule has 0 aliphatic heterocycles. The van der Waals surface area contributed by atoms with Gasteiger partial charge in [0.2, 0.25) is 5.89 Å². The Morgan fingerprint density at radius 2 is 2.46 bits per heavy atom. The van der Waals surface area contributed by atoms with E-state index in [1.807, 2.05) is 6.92 Å². The first-order chi connectivity index (χ1) is 6.22. The molecule has 1 rings (SSSR count). The van der Waals surface area contributed by atoms with Crippen molar-refractivity contribution in [1.82, 2.24) is 10.3 Å². The molecule has 0 aromatic carbocycles. The first kappa shape index (κ1) is 10.2. The largest absolute Gasteiger partial charge is 0.444 e. The van der Waals surface area contributed by atoms with Gasteiger partial charge in [-0.25, -0.2) is 4.98 Å². The highest BCUT2D eigenvalue weighted by Crippen LogP contribution is 2.03. The topological polar surface area (TPSA) is 58.3 Å². The molecule has 74 valence electrons. The standard InChI is InChI=1S/C9H16N2O2/c1-3-8-5-11-9(13-8)6-10-4-7(2)12/h5,7,10,12H,3-4,6H2,1-2H3/t7-/m1/s1. The third-order valence-corrected chi connectivity index (χ3v) is 1.67. The quantitative estimate of drug-likeness (QED) is 0.707. The van der Waals surface area contributed by atoms with Gasteiger partial charge in [-0.1, -0.05) is 6.92 Å². The van der Waals surface area contributed by atoms with E-state index in [0.29, 0.717) is 19.0 Å². The predicted octanol–water partition coefficient (Wildman–Crippen LogP) is 0.707. The number of aryl methyl sites for hydroxylation is 1. The highest BCUT2D eigenvalue weighted by Gasteiger charge is 2.01. The van der Waals surface area contributed by atoms with Gasteiger partial charge in [0.15, 0.2) is 0 Å². The third kappa shape index (κ3) is 3.57. The normalized spacial score (nSPS) is 13.2. The number of nitrogens with one attached hydrogen (secondary N) is 1. The van der Waals surface area contributed by atoms with Crippen molar-refractivity contribution < 1.29 is 9.52 Å². The van der Waals surface area contributed by atoms with Crippen LogP contribution in [0.2, 0.25) is 0 Å². The van der Waals surface area contributed by atoms with E-state index in [0.717, 1.165) is 12.2 Å². The number of rotatable bonds is 5. The van der Waals surface area contributed by atoms with E-state index in [1.54, 1.807) is 13.1 Å². The Labute approximate surface area is 78.0 Å². The van der Waals surface area contributed by atoms with Gasteiger partial charge < -0.3 is 14.8 Å². The summed E-state index contributed by atoms with van der Waals surface area (Å²) < 4.78 is 5.36. The fraction of sp³-hybridized carbons (Fsp3) is 0.667. The molecular weight excluding hydrogens is 168 g/mol. The Morgan fingerprint density at radius 1 is 1.69 bits per heavy atom. The number of oxazole rings is 1. The third-order valence-electron chi connectivity index (χ3n) is 1.67. The highest BCUT2D eigenvalue weighted by molar-refractivity contribution is 4.93. The number of aliphatic hydroxyl groups is 1. The Hall–Kier alpha value is -0.870. The van der Waals surface area contributed by atoms with E-state index in [-0.39, 0.29) is 6.10 Å². The summed E-state index contributed by atoms with van der Waals surface area (Å²) in [6.45, 7) is 4.89. The fourth-order valence-corrected chi connectivity index (χ4v) is 0.981. The fourth-order valence-electron chi connectivity index (χ4n) is 0.981. The lowest BCUT2D eigenvalue weighted by Crippen LogP contribution is -2.23. The van der Waals surface area contributed by atoms with Gasteiger partial charge in [0.05, 0.1) is 18.8 Å². The summed E-state index contributed by atoms with van der Waals surface area (Å²) >= 11 is 0. The van der Waals surface area contributed by atoms with Crippen LogP contribution in [0.1, 0.15) is 25.5 Å². The van der Waals surface area contributed by atoms with Gasteiger partial charge in [-0.05, 0) is 6.92 Å². The predicted molar refractivity (Wildman–Crippen MR) is 49.3 cm³/mol. The molecule has 0 radical (unpaired) electrons. The van der Waals surface area contributed by atoms with Gasteiger partial charge in [0.1, 0.15) is 5.76 Å². The Bertz CT molecular complexity index is 246. The van der Waals surface area contributed by atoms with E-state index < -0.39 is 0 Å². The van der Waals surface area contributed by atoms with Gasteiger partial charge in [-0.3, -0.25) is 0 Å². The first-order valence-electron chi connectivity index (χ1n) is 4.54. The maximum Gasteiger partial charge on any atom is 0.208 e. The molecule has 2 N–H and O–H groups in total. The molecule has 0 unspecified atom stereocenters. The minimum atomic E-state index is -0.333. The number of aliphatic hydroxyl groups excluding tert-OH is 1. The SMILES string of the molecule is CCc1cnc(CNC[C@@H](C)O)o1. The molecule has 4 heteroatoms. The van der Waals surface area contributed by atoms with Crippen molar-refractivity contribution in [2.75, 3.05) is 6.54 Å². The number of hydrogen-bond acceptors (Lipinski definition) is 4. The molecule has 1 atom stereocenters. The molecule has 1 heterocycles. The lowest BCUT2D eigenvalue weighted by Gasteiger charge is -2.03. The van der Waals surface area contributed by atoms with Crippen molar-refractivity contribution in [1.29, 1.82) is 0 Å². The molecule has 0 saturated heterocycles. The van der Waals surface area contributed by atoms with Crippen LogP contribution in [-0.4, -0.2) is 22.7 Å². The summed E-state index contributed by atoms with van der Waals surface area (Å²) in [6.07, 6.45) is 2.27. The zero-order chi connectivity index (χ0) is 9.68. The molecule has 1 aromatic heterocycles. The summed E-state index contributed by atoms with van der Waals surface area (Å²) in [5, 5.41) is 12.0. The molecule has 0 saturated carbocycles. The smallest absolute Gasteiger partial charge is 0.208 e. The molecule has 0 aliphatic carbocycles. The Morgan fingerprint density at radius 3 is 3.00 bits per heavy atom. The summed E-state index contributed by atoms with van der Waals surface area (Å²) in [5.41, 5.74) is 0. The zero-order valence-corrected chi connectivity index (χ0v) is 8.08. The lowest BCUT2D eigenvalue weighted by molar-refractivity contribution is 0.189. The van der Waals surface area contributed by atoms with Crippen molar-refractivity contribution in [3.63, 3.8) is 0 Å². The molecular formula is C9H16N2O2. The van der Waals surface area contributed by atoms with E-state index in [9.17, 15) is 0 Å². The van der Waals surface area contributed by atoms with Crippen LogP contribution in [0.4, 0.5) is 0 Å². The Kier molecular flexibility index (Phi) is 3.92. The average molecular weight is 184 g/mol. The molecule has 1 aromatic rings. The highest BCUT2D eigenvalue weighted by atomic mass is 16.4. The minimum absolute atomic E-state index is 0.333. The molecule has 0 aliphatic rings. The molecule has 0 bridgehead atoms. The van der Waals surface area contributed by atoms with E-state index in [4.69, 9.17) is 9.52 Å². The first-order valence-corrected chi connectivity index (χ1v) is 4.54. The molecule has 4 nitrogen and oxygen atoms in total. The van der Waals surface area contributed by atoms with Crippen molar-refractivity contribution in [3.05, 3.63) is 17.8 Å². The van der Waals surface area contributed by atoms with Crippen LogP contribution >= 0.6 is 0 Å². The molecule has 13 heavy (non-hydrogen) atoms. The van der Waals surface area contributed by atoms with Crippen LogP contribution in [0.25, 0.3) is 0 Å². The van der Waals surface area contributed by atoms with E-state index >= 15 is 0 Å². The van der Waals surface area contributed by atoms with Crippen LogP contribution in [0, 0.1) is 0 Å². The van der Waals surface area contributed by atoms with Gasteiger partial charge in [-0.15, -0.1) is 0 Å². The second-order valence-corrected chi connectivity index (χ2v) is 3.05. The van der Waals surface area contributed by atoms with Crippen LogP contribution in [0.15, 0.2) is 10.6 Å². The van der Waals surface area contributed by atoms with Crippen molar-refractivity contribution in [3.8, 4) is 0 Å². The number of nitrogens with zero attached hydrogens (tertiary/aromatic N) is 1. The number of hydrogen-bond donors (Lipinski definition) is 2. The Balaban J connectivity index is 2.28. The van der Waals surface area contributed by atoms with Crippen LogP contribution in [0.5, 0.6) is 0 Å². The van der Waals surface area contributed by atoms with E-state index in [2.05, 4.69) is 10.3 Å². The van der Waals surface area contributed by atoms with Crippen molar-refractivity contribution in [2.45, 2.75) is 32.9 Å². The van der Waals surface area contributed by atoms with Crippen LogP contribution in [-0.2, 0) is 13.0 Å². The van der Waals surface area contributed by atoms with Crippen molar-refractivity contribution in [2.24, 2.45) is 0 Å². The van der Waals surface area contributed by atoms with E-state index in [1.165, 1.54) is 0 Å². The van der Waals surface area contributed by atoms with Gasteiger partial charge in [0, 0.05) is 13.0 Å². The summed E-state index contributed by atoms with van der Waals surface area (Å²) in [4.78, 5) is 4.07. The average Bonchev–Trinajstić information content (AvgIpc) is 2.52. The molecule has 0 spiro atoms. The monoisotopic (exact) mass is 184 g/mol. The maximum atomic E-state index is 8.97. The maximum absolute atomic E-state index is 8.97. The number of aromatic nitrogens is 1. The molecule has 0 amide bonds. The summed E-state index contributed by atoms with van der Waals surface area (Å²) in [7, 11) is 0. The van der Waals surface area contributed by atoms with Crippen LogP contribution < -0.4 is 5.32 Å². The molecule has 0 fully saturated rings.